The summed E-state index contributed by atoms with van der Waals surface area (Å²) in [6.07, 6.45) is 1.93. The summed E-state index contributed by atoms with van der Waals surface area (Å²) in [6, 6.07) is 10.4. The fourth-order valence-corrected chi connectivity index (χ4v) is 3.77. The summed E-state index contributed by atoms with van der Waals surface area (Å²) in [7, 11) is 0. The van der Waals surface area contributed by atoms with Gasteiger partial charge in [0.25, 0.3) is 0 Å². The molecule has 2 amide bonds. The van der Waals surface area contributed by atoms with Crippen molar-refractivity contribution in [2.75, 3.05) is 4.90 Å². The standard InChI is InChI=1S/C17H13ClN4O2S/c18-11-2-1-3-13(6-11)22-15(23)7-14(17(22)24)25-16(10(8-19)9-20)21-12-4-5-12/h1-3,6,12,14,21H,4-5,7H2. The van der Waals surface area contributed by atoms with Crippen LogP contribution in [0.2, 0.25) is 5.02 Å². The molecule has 1 heterocycles. The molecule has 1 N–H and O–H groups in total. The van der Waals surface area contributed by atoms with Crippen LogP contribution in [0.1, 0.15) is 19.3 Å². The van der Waals surface area contributed by atoms with Crippen molar-refractivity contribution in [1.82, 2.24) is 5.32 Å². The van der Waals surface area contributed by atoms with Crippen LogP contribution < -0.4 is 10.2 Å². The molecular weight excluding hydrogens is 360 g/mol. The lowest BCUT2D eigenvalue weighted by Gasteiger charge is -2.16. The van der Waals surface area contributed by atoms with Crippen molar-refractivity contribution in [3.8, 4) is 12.1 Å². The Morgan fingerprint density at radius 3 is 2.60 bits per heavy atom. The monoisotopic (exact) mass is 372 g/mol. The maximum absolute atomic E-state index is 12.7. The van der Waals surface area contributed by atoms with Gasteiger partial charge in [-0.2, -0.15) is 10.5 Å². The van der Waals surface area contributed by atoms with Crippen molar-refractivity contribution >= 4 is 40.9 Å². The van der Waals surface area contributed by atoms with Crippen LogP contribution in [0.25, 0.3) is 0 Å². The number of hydrogen-bond donors (Lipinski definition) is 1. The third-order valence-corrected chi connectivity index (χ3v) is 5.24. The molecule has 25 heavy (non-hydrogen) atoms. The summed E-state index contributed by atoms with van der Waals surface area (Å²) < 4.78 is 0. The minimum Gasteiger partial charge on any atom is -0.375 e. The Bertz CT molecular complexity index is 835. The predicted octanol–water partition coefficient (Wildman–Crippen LogP) is 2.72. The number of halogens is 1. The van der Waals surface area contributed by atoms with Crippen molar-refractivity contribution < 1.29 is 9.59 Å². The predicted molar refractivity (Wildman–Crippen MR) is 94.4 cm³/mol. The van der Waals surface area contributed by atoms with E-state index in [0.29, 0.717) is 15.7 Å². The zero-order chi connectivity index (χ0) is 18.0. The minimum atomic E-state index is -0.676. The molecule has 1 unspecified atom stereocenters. The van der Waals surface area contributed by atoms with E-state index in [1.54, 1.807) is 24.3 Å². The van der Waals surface area contributed by atoms with E-state index in [1.165, 1.54) is 0 Å². The van der Waals surface area contributed by atoms with Gasteiger partial charge in [-0.1, -0.05) is 29.4 Å². The molecule has 1 aliphatic heterocycles. The number of anilines is 1. The molecule has 1 saturated heterocycles. The van der Waals surface area contributed by atoms with Gasteiger partial charge in [-0.3, -0.25) is 9.59 Å². The van der Waals surface area contributed by atoms with Gasteiger partial charge in [0.1, 0.15) is 12.1 Å². The lowest BCUT2D eigenvalue weighted by Crippen LogP contribution is -2.31. The lowest BCUT2D eigenvalue weighted by molar-refractivity contribution is -0.121. The second-order valence-electron chi connectivity index (χ2n) is 5.70. The Hall–Kier alpha value is -2.48. The number of imide groups is 1. The van der Waals surface area contributed by atoms with Crippen LogP contribution in [0.3, 0.4) is 0 Å². The zero-order valence-corrected chi connectivity index (χ0v) is 14.6. The number of thioether (sulfide) groups is 1. The number of carbonyl (C=O) groups excluding carboxylic acids is 2. The Morgan fingerprint density at radius 1 is 1.28 bits per heavy atom. The molecule has 3 rings (SSSR count). The molecule has 2 aliphatic rings. The second kappa shape index (κ2) is 7.18. The number of rotatable bonds is 5. The molecule has 0 radical (unpaired) electrons. The maximum atomic E-state index is 12.7. The highest BCUT2D eigenvalue weighted by atomic mass is 35.5. The quantitative estimate of drug-likeness (QED) is 0.630. The van der Waals surface area contributed by atoms with Gasteiger partial charge in [-0.15, -0.1) is 0 Å². The molecule has 1 aromatic carbocycles. The first-order chi connectivity index (χ1) is 12.0. The molecule has 1 saturated carbocycles. The first-order valence-electron chi connectivity index (χ1n) is 7.63. The molecule has 6 nitrogen and oxygen atoms in total. The average molecular weight is 373 g/mol. The van der Waals surface area contributed by atoms with Crippen LogP contribution in [-0.4, -0.2) is 23.1 Å². The van der Waals surface area contributed by atoms with Gasteiger partial charge in [-0.25, -0.2) is 4.90 Å². The van der Waals surface area contributed by atoms with Crippen molar-refractivity contribution in [3.05, 3.63) is 39.9 Å². The van der Waals surface area contributed by atoms with Crippen LogP contribution in [0.15, 0.2) is 34.9 Å². The highest BCUT2D eigenvalue weighted by molar-refractivity contribution is 8.04. The van der Waals surface area contributed by atoms with Gasteiger partial charge in [0.2, 0.25) is 11.8 Å². The third-order valence-electron chi connectivity index (χ3n) is 3.79. The second-order valence-corrected chi connectivity index (χ2v) is 7.35. The van der Waals surface area contributed by atoms with E-state index < -0.39 is 5.25 Å². The lowest BCUT2D eigenvalue weighted by atomic mass is 10.3. The smallest absolute Gasteiger partial charge is 0.247 e. The van der Waals surface area contributed by atoms with Crippen LogP contribution in [-0.2, 0) is 9.59 Å². The summed E-state index contributed by atoms with van der Waals surface area (Å²) in [6.45, 7) is 0. The zero-order valence-electron chi connectivity index (χ0n) is 13.0. The summed E-state index contributed by atoms with van der Waals surface area (Å²) in [4.78, 5) is 26.1. The fourth-order valence-electron chi connectivity index (χ4n) is 2.43. The maximum Gasteiger partial charge on any atom is 0.247 e. The Labute approximate surface area is 154 Å². The fraction of sp³-hybridized carbons (Fsp3) is 0.294. The molecule has 0 spiro atoms. The van der Waals surface area contributed by atoms with Gasteiger partial charge < -0.3 is 5.32 Å². The number of nitrogens with zero attached hydrogens (tertiary/aromatic N) is 3. The number of nitriles is 2. The number of allylic oxidation sites excluding steroid dienone is 1. The molecule has 1 aliphatic carbocycles. The highest BCUT2D eigenvalue weighted by Crippen LogP contribution is 2.35. The first-order valence-corrected chi connectivity index (χ1v) is 8.89. The van der Waals surface area contributed by atoms with E-state index in [2.05, 4.69) is 5.32 Å². The largest absolute Gasteiger partial charge is 0.375 e. The van der Waals surface area contributed by atoms with Crippen LogP contribution in [0.4, 0.5) is 5.69 Å². The number of hydrogen-bond acceptors (Lipinski definition) is 6. The molecule has 1 aromatic rings. The van der Waals surface area contributed by atoms with Crippen LogP contribution in [0, 0.1) is 22.7 Å². The van der Waals surface area contributed by atoms with Crippen LogP contribution in [0.5, 0.6) is 0 Å². The number of carbonyl (C=O) groups is 2. The highest BCUT2D eigenvalue weighted by Gasteiger charge is 2.41. The molecule has 1 atom stereocenters. The van der Waals surface area contributed by atoms with Crippen molar-refractivity contribution in [1.29, 1.82) is 10.5 Å². The minimum absolute atomic E-state index is 0.00992. The molecule has 0 aromatic heterocycles. The van der Waals surface area contributed by atoms with Crippen LogP contribution >= 0.6 is 23.4 Å². The summed E-state index contributed by atoms with van der Waals surface area (Å²) in [5.41, 5.74) is 0.352. The molecular formula is C17H13ClN4O2S. The van der Waals surface area contributed by atoms with E-state index in [0.717, 1.165) is 29.5 Å². The third kappa shape index (κ3) is 3.79. The van der Waals surface area contributed by atoms with E-state index in [-0.39, 0.29) is 29.9 Å². The van der Waals surface area contributed by atoms with Gasteiger partial charge in [0.05, 0.1) is 16.0 Å². The first kappa shape index (κ1) is 17.3. The van der Waals surface area contributed by atoms with Crippen molar-refractivity contribution in [2.24, 2.45) is 0 Å². The number of benzene rings is 1. The van der Waals surface area contributed by atoms with E-state index in [9.17, 15) is 9.59 Å². The average Bonchev–Trinajstić information content (AvgIpc) is 3.34. The molecule has 8 heteroatoms. The summed E-state index contributed by atoms with van der Waals surface area (Å²) in [5.74, 6) is -0.700. The topological polar surface area (TPSA) is 97.0 Å². The molecule has 126 valence electrons. The van der Waals surface area contributed by atoms with E-state index in [4.69, 9.17) is 22.1 Å². The molecule has 2 fully saturated rings. The summed E-state index contributed by atoms with van der Waals surface area (Å²) >= 11 is 7.01. The van der Waals surface area contributed by atoms with Gasteiger partial charge in [0, 0.05) is 17.5 Å². The number of amides is 2. The number of nitrogens with one attached hydrogen (secondary N) is 1. The SMILES string of the molecule is N#CC(C#N)=C(NC1CC1)SC1CC(=O)N(c2cccc(Cl)c2)C1=O. The Morgan fingerprint density at radius 2 is 2.00 bits per heavy atom. The Kier molecular flexibility index (Phi) is 4.98. The van der Waals surface area contributed by atoms with E-state index >= 15 is 0 Å². The van der Waals surface area contributed by atoms with Gasteiger partial charge in [-0.05, 0) is 31.0 Å². The van der Waals surface area contributed by atoms with Crippen molar-refractivity contribution in [2.45, 2.75) is 30.6 Å². The van der Waals surface area contributed by atoms with E-state index in [1.807, 2.05) is 12.1 Å². The van der Waals surface area contributed by atoms with Gasteiger partial charge in [0.15, 0.2) is 5.57 Å². The normalized spacial score (nSPS) is 19.3. The van der Waals surface area contributed by atoms with Crippen molar-refractivity contribution in [3.63, 3.8) is 0 Å². The van der Waals surface area contributed by atoms with Gasteiger partial charge >= 0.3 is 0 Å². The molecule has 0 bridgehead atoms. The summed E-state index contributed by atoms with van der Waals surface area (Å²) in [5, 5.41) is 21.5. The Balaban J connectivity index is 1.83.